The summed E-state index contributed by atoms with van der Waals surface area (Å²) in [4.78, 5) is 16.7. The molecule has 0 saturated carbocycles. The van der Waals surface area contributed by atoms with Gasteiger partial charge in [0.25, 0.3) is 0 Å². The highest BCUT2D eigenvalue weighted by Gasteiger charge is 2.12. The van der Waals surface area contributed by atoms with E-state index >= 15 is 0 Å². The third-order valence-electron chi connectivity index (χ3n) is 1.93. The van der Waals surface area contributed by atoms with Crippen molar-refractivity contribution in [1.29, 1.82) is 0 Å². The number of nitrogens with zero attached hydrogens (tertiary/aromatic N) is 1. The van der Waals surface area contributed by atoms with Gasteiger partial charge >= 0.3 is 0 Å². The van der Waals surface area contributed by atoms with E-state index in [0.29, 0.717) is 11.7 Å². The minimum absolute atomic E-state index is 0. The second-order valence-electron chi connectivity index (χ2n) is 3.11. The number of aromatic nitrogens is 1. The molecule has 0 spiro atoms. The van der Waals surface area contributed by atoms with Crippen LogP contribution in [0.2, 0.25) is 0 Å². The predicted molar refractivity (Wildman–Crippen MR) is 65.6 cm³/mol. The van der Waals surface area contributed by atoms with Crippen molar-refractivity contribution in [3.05, 3.63) is 11.1 Å². The van der Waals surface area contributed by atoms with Crippen LogP contribution >= 0.6 is 23.7 Å². The lowest BCUT2D eigenvalue weighted by molar-refractivity contribution is -0.119. The molecule has 6 heteroatoms. The SMILES string of the molecule is CCc1cnc(NC(=O)C(C)CN)s1.Cl. The Labute approximate surface area is 99.7 Å². The van der Waals surface area contributed by atoms with Gasteiger partial charge in [0.2, 0.25) is 5.91 Å². The first-order chi connectivity index (χ1) is 6.67. The molecule has 1 unspecified atom stereocenters. The van der Waals surface area contributed by atoms with E-state index in [-0.39, 0.29) is 24.2 Å². The molecule has 0 fully saturated rings. The second kappa shape index (κ2) is 6.76. The summed E-state index contributed by atoms with van der Waals surface area (Å²) in [6.07, 6.45) is 2.73. The fraction of sp³-hybridized carbons (Fsp3) is 0.556. The monoisotopic (exact) mass is 249 g/mol. The van der Waals surface area contributed by atoms with Crippen LogP contribution in [-0.2, 0) is 11.2 Å². The number of aryl methyl sites for hydroxylation is 1. The molecule has 3 N–H and O–H groups in total. The number of halogens is 1. The van der Waals surface area contributed by atoms with Gasteiger partial charge in [0.1, 0.15) is 0 Å². The molecule has 0 radical (unpaired) electrons. The van der Waals surface area contributed by atoms with Gasteiger partial charge in [-0.3, -0.25) is 4.79 Å². The van der Waals surface area contributed by atoms with Crippen LogP contribution in [0, 0.1) is 5.92 Å². The molecule has 1 atom stereocenters. The Morgan fingerprint density at radius 1 is 1.73 bits per heavy atom. The first-order valence-electron chi connectivity index (χ1n) is 4.63. The van der Waals surface area contributed by atoms with Gasteiger partial charge in [-0.2, -0.15) is 0 Å². The highest BCUT2D eigenvalue weighted by atomic mass is 35.5. The number of anilines is 1. The zero-order chi connectivity index (χ0) is 10.6. The highest BCUT2D eigenvalue weighted by Crippen LogP contribution is 2.18. The summed E-state index contributed by atoms with van der Waals surface area (Å²) >= 11 is 1.51. The smallest absolute Gasteiger partial charge is 0.230 e. The van der Waals surface area contributed by atoms with Crippen LogP contribution < -0.4 is 11.1 Å². The Balaban J connectivity index is 0.00000196. The molecule has 0 aliphatic rings. The summed E-state index contributed by atoms with van der Waals surface area (Å²) in [5.41, 5.74) is 5.38. The Morgan fingerprint density at radius 2 is 2.40 bits per heavy atom. The molecule has 0 bridgehead atoms. The number of rotatable bonds is 4. The minimum Gasteiger partial charge on any atom is -0.330 e. The van der Waals surface area contributed by atoms with Crippen LogP contribution in [0.15, 0.2) is 6.20 Å². The Hall–Kier alpha value is -0.650. The molecule has 0 aliphatic carbocycles. The molecule has 0 saturated heterocycles. The molecule has 15 heavy (non-hydrogen) atoms. The van der Waals surface area contributed by atoms with Crippen molar-refractivity contribution in [3.8, 4) is 0 Å². The summed E-state index contributed by atoms with van der Waals surface area (Å²) in [6.45, 7) is 4.21. The molecule has 0 aromatic carbocycles. The number of hydrogen-bond donors (Lipinski definition) is 2. The van der Waals surface area contributed by atoms with Crippen molar-refractivity contribution >= 4 is 34.8 Å². The van der Waals surface area contributed by atoms with Gasteiger partial charge in [-0.25, -0.2) is 4.98 Å². The number of hydrogen-bond acceptors (Lipinski definition) is 4. The van der Waals surface area contributed by atoms with Crippen molar-refractivity contribution in [2.45, 2.75) is 20.3 Å². The van der Waals surface area contributed by atoms with Crippen LogP contribution in [0.25, 0.3) is 0 Å². The molecule has 0 aliphatic heterocycles. The topological polar surface area (TPSA) is 68.0 Å². The van der Waals surface area contributed by atoms with Crippen molar-refractivity contribution in [2.24, 2.45) is 11.7 Å². The number of nitrogens with one attached hydrogen (secondary N) is 1. The van der Waals surface area contributed by atoms with Crippen LogP contribution in [0.1, 0.15) is 18.7 Å². The molecule has 4 nitrogen and oxygen atoms in total. The zero-order valence-corrected chi connectivity index (χ0v) is 10.5. The molecule has 1 amide bonds. The van der Waals surface area contributed by atoms with Gasteiger partial charge in [-0.15, -0.1) is 23.7 Å². The molecule has 1 heterocycles. The first-order valence-corrected chi connectivity index (χ1v) is 5.44. The second-order valence-corrected chi connectivity index (χ2v) is 4.23. The third kappa shape index (κ3) is 4.15. The number of nitrogens with two attached hydrogens (primary N) is 1. The number of carbonyl (C=O) groups excluding carboxylic acids is 1. The van der Waals surface area contributed by atoms with E-state index in [0.717, 1.165) is 6.42 Å². The average molecular weight is 250 g/mol. The number of carbonyl (C=O) groups is 1. The van der Waals surface area contributed by atoms with Gasteiger partial charge in [0, 0.05) is 23.5 Å². The molecule has 86 valence electrons. The van der Waals surface area contributed by atoms with Crippen molar-refractivity contribution in [2.75, 3.05) is 11.9 Å². The highest BCUT2D eigenvalue weighted by molar-refractivity contribution is 7.15. The van der Waals surface area contributed by atoms with E-state index in [9.17, 15) is 4.79 Å². The summed E-state index contributed by atoms with van der Waals surface area (Å²) in [6, 6.07) is 0. The van der Waals surface area contributed by atoms with E-state index < -0.39 is 0 Å². The maximum atomic E-state index is 11.4. The summed E-state index contributed by atoms with van der Waals surface area (Å²) in [7, 11) is 0. The fourth-order valence-electron chi connectivity index (χ4n) is 0.864. The fourth-order valence-corrected chi connectivity index (χ4v) is 1.62. The van der Waals surface area contributed by atoms with E-state index in [1.165, 1.54) is 16.2 Å². The summed E-state index contributed by atoms with van der Waals surface area (Å²) in [5, 5.41) is 3.40. The largest absolute Gasteiger partial charge is 0.330 e. The Bertz CT molecular complexity index is 316. The van der Waals surface area contributed by atoms with E-state index in [2.05, 4.69) is 17.2 Å². The molecule has 1 aromatic heterocycles. The van der Waals surface area contributed by atoms with Crippen LogP contribution in [0.5, 0.6) is 0 Å². The summed E-state index contributed by atoms with van der Waals surface area (Å²) in [5.74, 6) is -0.228. The molecular formula is C9H16ClN3OS. The van der Waals surface area contributed by atoms with Crippen molar-refractivity contribution in [1.82, 2.24) is 4.98 Å². The van der Waals surface area contributed by atoms with Crippen LogP contribution in [-0.4, -0.2) is 17.4 Å². The Kier molecular flexibility index (Phi) is 6.47. The third-order valence-corrected chi connectivity index (χ3v) is 2.99. The van der Waals surface area contributed by atoms with Gasteiger partial charge in [0.15, 0.2) is 5.13 Å². The van der Waals surface area contributed by atoms with Crippen LogP contribution in [0.4, 0.5) is 5.13 Å². The van der Waals surface area contributed by atoms with Crippen LogP contribution in [0.3, 0.4) is 0 Å². The first kappa shape index (κ1) is 14.3. The Morgan fingerprint density at radius 3 is 2.87 bits per heavy atom. The normalized spacial score (nSPS) is 11.7. The van der Waals surface area contributed by atoms with E-state index in [4.69, 9.17) is 5.73 Å². The predicted octanol–water partition coefficient (Wildman–Crippen LogP) is 1.66. The lowest BCUT2D eigenvalue weighted by Crippen LogP contribution is -2.26. The van der Waals surface area contributed by atoms with Crippen molar-refractivity contribution in [3.63, 3.8) is 0 Å². The lowest BCUT2D eigenvalue weighted by Gasteiger charge is -2.06. The number of thiazole rings is 1. The standard InChI is InChI=1S/C9H15N3OS.ClH/c1-3-7-5-11-9(14-7)12-8(13)6(2)4-10;/h5-6H,3-4,10H2,1-2H3,(H,11,12,13);1H. The zero-order valence-electron chi connectivity index (χ0n) is 8.82. The number of amides is 1. The molecular weight excluding hydrogens is 234 g/mol. The average Bonchev–Trinajstić information content (AvgIpc) is 2.64. The minimum atomic E-state index is -0.163. The maximum absolute atomic E-state index is 11.4. The quantitative estimate of drug-likeness (QED) is 0.853. The van der Waals surface area contributed by atoms with E-state index in [1.54, 1.807) is 13.1 Å². The van der Waals surface area contributed by atoms with Crippen molar-refractivity contribution < 1.29 is 4.79 Å². The summed E-state index contributed by atoms with van der Waals surface area (Å²) < 4.78 is 0. The van der Waals surface area contributed by atoms with Gasteiger partial charge in [-0.1, -0.05) is 13.8 Å². The molecule has 1 rings (SSSR count). The van der Waals surface area contributed by atoms with Gasteiger partial charge < -0.3 is 11.1 Å². The van der Waals surface area contributed by atoms with Gasteiger partial charge in [-0.05, 0) is 6.42 Å². The maximum Gasteiger partial charge on any atom is 0.230 e. The lowest BCUT2D eigenvalue weighted by atomic mass is 10.2. The van der Waals surface area contributed by atoms with Gasteiger partial charge in [0.05, 0.1) is 0 Å². The van der Waals surface area contributed by atoms with E-state index in [1.807, 2.05) is 0 Å². The molecule has 1 aromatic rings.